The predicted octanol–water partition coefficient (Wildman–Crippen LogP) is -0.395. The maximum atomic E-state index is 11.7. The average molecular weight is 262 g/mol. The highest BCUT2D eigenvalue weighted by Gasteiger charge is 2.18. The third-order valence-electron chi connectivity index (χ3n) is 3.60. The van der Waals surface area contributed by atoms with Crippen molar-refractivity contribution in [2.24, 2.45) is 5.92 Å². The van der Waals surface area contributed by atoms with Crippen LogP contribution >= 0.6 is 0 Å². The first-order chi connectivity index (χ1) is 9.15. The second kappa shape index (κ2) is 6.60. The summed E-state index contributed by atoms with van der Waals surface area (Å²) >= 11 is 0. The normalized spacial score (nSPS) is 27.5. The molecule has 1 saturated heterocycles. The van der Waals surface area contributed by atoms with E-state index in [1.165, 1.54) is 6.08 Å². The summed E-state index contributed by atoms with van der Waals surface area (Å²) in [6.45, 7) is 2.36. The van der Waals surface area contributed by atoms with Gasteiger partial charge in [-0.1, -0.05) is 17.6 Å². The topological polar surface area (TPSA) is 67.4 Å². The van der Waals surface area contributed by atoms with Crippen molar-refractivity contribution in [3.05, 3.63) is 23.6 Å². The largest absolute Gasteiger partial charge is 0.848 e. The van der Waals surface area contributed by atoms with E-state index in [1.54, 1.807) is 6.08 Å². The third-order valence-corrected chi connectivity index (χ3v) is 3.60. The fourth-order valence-electron chi connectivity index (χ4n) is 2.28. The lowest BCUT2D eigenvalue weighted by Crippen LogP contribution is -2.49. The first-order valence-corrected chi connectivity index (χ1v) is 6.71. The van der Waals surface area contributed by atoms with E-state index in [2.05, 4.69) is 34.0 Å². The van der Waals surface area contributed by atoms with Gasteiger partial charge >= 0.3 is 6.03 Å². The number of rotatable bonds is 3. The van der Waals surface area contributed by atoms with Crippen LogP contribution < -0.4 is 15.7 Å². The summed E-state index contributed by atoms with van der Waals surface area (Å²) in [4.78, 5) is 14.0. The number of urea groups is 1. The fourth-order valence-corrected chi connectivity index (χ4v) is 2.28. The van der Waals surface area contributed by atoms with Crippen LogP contribution in [0.3, 0.4) is 0 Å². The highest BCUT2D eigenvalue weighted by Crippen LogP contribution is 2.08. The van der Waals surface area contributed by atoms with E-state index in [0.717, 1.165) is 25.9 Å². The van der Waals surface area contributed by atoms with Crippen molar-refractivity contribution in [2.75, 3.05) is 26.7 Å². The summed E-state index contributed by atoms with van der Waals surface area (Å²) in [5.74, 6) is -0.232. The van der Waals surface area contributed by atoms with Gasteiger partial charge in [0.25, 0.3) is 0 Å². The Balaban J connectivity index is 1.69. The zero-order valence-corrected chi connectivity index (χ0v) is 11.2. The number of carbonyl (C=O) groups is 1. The second-order valence-corrected chi connectivity index (χ2v) is 5.18. The van der Waals surface area contributed by atoms with E-state index >= 15 is 0 Å². The number of amides is 2. The molecule has 0 aromatic heterocycles. The summed E-state index contributed by atoms with van der Waals surface area (Å²) in [6.07, 6.45) is 4.23. The molecule has 2 atom stereocenters. The molecule has 1 heterocycles. The molecule has 1 fully saturated rings. The van der Waals surface area contributed by atoms with Gasteiger partial charge in [0.1, 0.15) is 0 Å². The van der Waals surface area contributed by atoms with Gasteiger partial charge in [0.05, 0.1) is 0 Å². The zero-order chi connectivity index (χ0) is 13.7. The van der Waals surface area contributed by atoms with Crippen LogP contribution in [0.1, 0.15) is 12.8 Å². The molecule has 5 heteroatoms. The lowest BCUT2D eigenvalue weighted by molar-refractivity contribution is -0.412. The highest BCUT2D eigenvalue weighted by molar-refractivity contribution is 5.74. The molecular weight excluding hydrogens is 242 g/mol. The van der Waals surface area contributed by atoms with Crippen LogP contribution in [0.25, 0.3) is 0 Å². The molecule has 2 unspecified atom stereocenters. The number of nitrogens with zero attached hydrogens (tertiary/aromatic N) is 1. The van der Waals surface area contributed by atoms with E-state index < -0.39 is 6.10 Å². The molecule has 1 aliphatic heterocycles. The van der Waals surface area contributed by atoms with Crippen LogP contribution in [0.5, 0.6) is 0 Å². The maximum Gasteiger partial charge on any atom is 0.315 e. The van der Waals surface area contributed by atoms with Gasteiger partial charge in [-0.3, -0.25) is 0 Å². The van der Waals surface area contributed by atoms with Gasteiger partial charge in [0.2, 0.25) is 0 Å². The van der Waals surface area contributed by atoms with E-state index in [0.29, 0.717) is 6.54 Å². The van der Waals surface area contributed by atoms with Gasteiger partial charge in [0.15, 0.2) is 0 Å². The van der Waals surface area contributed by atoms with E-state index in [1.807, 2.05) is 0 Å². The minimum absolute atomic E-state index is 0.186. The first-order valence-electron chi connectivity index (χ1n) is 6.71. The van der Waals surface area contributed by atoms with E-state index in [4.69, 9.17) is 0 Å². The molecule has 19 heavy (non-hydrogen) atoms. The number of carbonyl (C=O) groups excluding carboxylic acids is 1. The van der Waals surface area contributed by atoms with Crippen molar-refractivity contribution in [3.8, 4) is 0 Å². The molecule has 2 N–H and O–H groups in total. The zero-order valence-electron chi connectivity index (χ0n) is 11.2. The van der Waals surface area contributed by atoms with Crippen LogP contribution in [0, 0.1) is 5.92 Å². The number of piperidine rings is 1. The van der Waals surface area contributed by atoms with Gasteiger partial charge in [-0.05, 0) is 51.0 Å². The van der Waals surface area contributed by atoms with Gasteiger partial charge in [-0.25, -0.2) is 4.79 Å². The Labute approximate surface area is 113 Å². The van der Waals surface area contributed by atoms with Crippen molar-refractivity contribution in [1.82, 2.24) is 15.5 Å². The molecule has 0 radical (unpaired) electrons. The Morgan fingerprint density at radius 2 is 2.05 bits per heavy atom. The molecule has 0 aromatic rings. The van der Waals surface area contributed by atoms with Crippen LogP contribution in [0.4, 0.5) is 4.79 Å². The van der Waals surface area contributed by atoms with Gasteiger partial charge in [0, 0.05) is 12.6 Å². The quantitative estimate of drug-likeness (QED) is 0.680. The lowest BCUT2D eigenvalue weighted by Gasteiger charge is -2.30. The van der Waals surface area contributed by atoms with Gasteiger partial charge in [-0.2, -0.15) is 0 Å². The third kappa shape index (κ3) is 4.27. The van der Waals surface area contributed by atoms with Crippen molar-refractivity contribution < 1.29 is 9.90 Å². The van der Waals surface area contributed by atoms with Crippen LogP contribution in [-0.2, 0) is 0 Å². The first kappa shape index (κ1) is 13.9. The van der Waals surface area contributed by atoms with E-state index in [-0.39, 0.29) is 18.0 Å². The molecule has 5 nitrogen and oxygen atoms in total. The van der Waals surface area contributed by atoms with E-state index in [9.17, 15) is 9.90 Å². The number of nitrogens with one attached hydrogen (secondary N) is 2. The highest BCUT2D eigenvalue weighted by atomic mass is 16.3. The summed E-state index contributed by atoms with van der Waals surface area (Å²) in [6, 6.07) is 0.0506. The Kier molecular flexibility index (Phi) is 4.83. The number of hydrogen-bond donors (Lipinski definition) is 2. The average Bonchev–Trinajstić information content (AvgIpc) is 2.40. The Bertz CT molecular complexity index is 414. The fraction of sp³-hybridized carbons (Fsp3) is 0.643. The summed E-state index contributed by atoms with van der Waals surface area (Å²) in [5, 5.41) is 17.3. The smallest absolute Gasteiger partial charge is 0.315 e. The predicted molar refractivity (Wildman–Crippen MR) is 70.5 cm³/mol. The van der Waals surface area contributed by atoms with Crippen molar-refractivity contribution >= 4 is 6.03 Å². The Morgan fingerprint density at radius 1 is 1.37 bits per heavy atom. The maximum absolute atomic E-state index is 11.7. The number of likely N-dealkylation sites (tertiary alicyclic amines) is 1. The van der Waals surface area contributed by atoms with Crippen LogP contribution in [0.15, 0.2) is 23.6 Å². The van der Waals surface area contributed by atoms with Gasteiger partial charge < -0.3 is 20.6 Å². The summed E-state index contributed by atoms with van der Waals surface area (Å²) < 4.78 is 0. The SMILES string of the molecule is CN1CCC(NC(=O)NCC2C=C=C=CC2[O-])CC1. The monoisotopic (exact) mass is 262 g/mol. The summed E-state index contributed by atoms with van der Waals surface area (Å²) in [5.41, 5.74) is 5.41. The van der Waals surface area contributed by atoms with Crippen molar-refractivity contribution in [1.29, 1.82) is 0 Å². The Hall–Kier alpha value is -1.51. The van der Waals surface area contributed by atoms with Crippen LogP contribution in [0.2, 0.25) is 0 Å². The molecule has 0 bridgehead atoms. The molecule has 2 rings (SSSR count). The molecule has 0 aromatic carbocycles. The van der Waals surface area contributed by atoms with Crippen molar-refractivity contribution in [3.63, 3.8) is 0 Å². The van der Waals surface area contributed by atoms with Crippen LogP contribution in [-0.4, -0.2) is 49.8 Å². The van der Waals surface area contributed by atoms with Gasteiger partial charge in [-0.15, -0.1) is 0 Å². The lowest BCUT2D eigenvalue weighted by atomic mass is 10.0. The second-order valence-electron chi connectivity index (χ2n) is 5.18. The number of hydrogen-bond acceptors (Lipinski definition) is 3. The van der Waals surface area contributed by atoms with Crippen molar-refractivity contribution in [2.45, 2.75) is 25.0 Å². The molecular formula is C14H20N3O2-. The molecule has 2 aliphatic rings. The standard InChI is InChI=1S/C14H20N3O2/c1-17-8-6-12(7-9-17)16-14(19)15-10-11-4-2-3-5-13(11)18/h4-5,11-13H,6-10H2,1H3,(H2,15,16,19)/q-1. The minimum Gasteiger partial charge on any atom is -0.848 e. The molecule has 0 saturated carbocycles. The molecule has 2 amide bonds. The molecule has 0 spiro atoms. The summed E-state index contributed by atoms with van der Waals surface area (Å²) in [7, 11) is 2.08. The Morgan fingerprint density at radius 3 is 2.74 bits per heavy atom. The molecule has 104 valence electrons. The minimum atomic E-state index is -0.843. The molecule has 1 aliphatic carbocycles.